The average molecular weight is 375 g/mol. The Morgan fingerprint density at radius 2 is 1.93 bits per heavy atom. The van der Waals surface area contributed by atoms with Gasteiger partial charge in [0, 0.05) is 5.56 Å². The van der Waals surface area contributed by atoms with Crippen LogP contribution in [0.3, 0.4) is 0 Å². The van der Waals surface area contributed by atoms with E-state index in [9.17, 15) is 19.1 Å². The molecule has 1 aliphatic heterocycles. The van der Waals surface area contributed by atoms with Crippen molar-refractivity contribution in [1.29, 1.82) is 0 Å². The lowest BCUT2D eigenvalue weighted by molar-refractivity contribution is 0.0862. The first-order chi connectivity index (χ1) is 13.1. The van der Waals surface area contributed by atoms with E-state index in [1.807, 2.05) is 6.07 Å². The molecule has 0 saturated heterocycles. The van der Waals surface area contributed by atoms with Gasteiger partial charge in [-0.15, -0.1) is 0 Å². The average Bonchev–Trinajstić information content (AvgIpc) is 2.70. The van der Waals surface area contributed by atoms with Crippen molar-refractivity contribution in [3.8, 4) is 11.5 Å². The second-order valence-electron chi connectivity index (χ2n) is 5.79. The molecule has 2 N–H and O–H groups in total. The number of alkyl carbamates (subject to hydrolysis) is 1. The van der Waals surface area contributed by atoms with Gasteiger partial charge >= 0.3 is 6.09 Å². The van der Waals surface area contributed by atoms with Crippen molar-refractivity contribution in [1.82, 2.24) is 5.32 Å². The third-order valence-electron chi connectivity index (χ3n) is 3.89. The summed E-state index contributed by atoms with van der Waals surface area (Å²) in [7, 11) is 0. The number of benzene rings is 2. The minimum atomic E-state index is -1.28. The van der Waals surface area contributed by atoms with E-state index >= 15 is 0 Å². The van der Waals surface area contributed by atoms with Crippen LogP contribution in [0, 0.1) is 5.82 Å². The molecule has 0 unspecified atom stereocenters. The highest BCUT2D eigenvalue weighted by atomic mass is 19.1. The summed E-state index contributed by atoms with van der Waals surface area (Å²) in [5.41, 5.74) is 0.715. The number of ether oxygens (including phenoxy) is 3. The van der Waals surface area contributed by atoms with Crippen LogP contribution in [-0.2, 0) is 11.3 Å². The molecule has 7 nitrogen and oxygen atoms in total. The van der Waals surface area contributed by atoms with Gasteiger partial charge in [0.2, 0.25) is 0 Å². The van der Waals surface area contributed by atoms with Gasteiger partial charge in [0.25, 0.3) is 0 Å². The molecule has 1 atom stereocenters. The molecular formula is C19H18FNO6. The molecule has 0 aliphatic carbocycles. The van der Waals surface area contributed by atoms with Gasteiger partial charge < -0.3 is 24.6 Å². The molecule has 1 amide bonds. The van der Waals surface area contributed by atoms with Gasteiger partial charge in [0.15, 0.2) is 23.1 Å². The summed E-state index contributed by atoms with van der Waals surface area (Å²) in [5, 5.41) is 11.7. The minimum absolute atomic E-state index is 0.0116. The highest BCUT2D eigenvalue weighted by Gasteiger charge is 2.26. The van der Waals surface area contributed by atoms with Crippen molar-refractivity contribution in [3.63, 3.8) is 0 Å². The Kier molecular flexibility index (Phi) is 5.87. The lowest BCUT2D eigenvalue weighted by atomic mass is 10.0. The standard InChI is InChI=1S/C19H18FNO6/c20-14-8-13(9-16-18(14)26-7-6-25-16)17(23)15(10-22)21-19(24)27-11-12-4-2-1-3-5-12/h1-5,8-9,15,22H,6-7,10-11H2,(H,21,24)/t15-/m1/s1. The van der Waals surface area contributed by atoms with Crippen molar-refractivity contribution in [2.75, 3.05) is 19.8 Å². The zero-order valence-corrected chi connectivity index (χ0v) is 14.3. The van der Waals surface area contributed by atoms with E-state index in [-0.39, 0.29) is 36.9 Å². The molecular weight excluding hydrogens is 357 g/mol. The van der Waals surface area contributed by atoms with E-state index in [4.69, 9.17) is 14.2 Å². The number of rotatable bonds is 6. The number of nitrogens with one attached hydrogen (secondary N) is 1. The first-order valence-corrected chi connectivity index (χ1v) is 8.30. The van der Waals surface area contributed by atoms with E-state index in [2.05, 4.69) is 5.32 Å². The summed E-state index contributed by atoms with van der Waals surface area (Å²) in [5.74, 6) is -1.38. The monoisotopic (exact) mass is 375 g/mol. The zero-order chi connectivity index (χ0) is 19.2. The molecule has 0 spiro atoms. The number of aliphatic hydroxyl groups excluding tert-OH is 1. The Hall–Kier alpha value is -3.13. The van der Waals surface area contributed by atoms with Crippen LogP contribution >= 0.6 is 0 Å². The van der Waals surface area contributed by atoms with E-state index in [0.29, 0.717) is 0 Å². The third kappa shape index (κ3) is 4.53. The number of aliphatic hydroxyl groups is 1. The van der Waals surface area contributed by atoms with Gasteiger partial charge in [-0.1, -0.05) is 30.3 Å². The SMILES string of the molecule is O=C(N[C@H](CO)C(=O)c1cc(F)c2c(c1)OCCO2)OCc1ccccc1. The second-order valence-corrected chi connectivity index (χ2v) is 5.79. The van der Waals surface area contributed by atoms with Gasteiger partial charge in [0.1, 0.15) is 25.9 Å². The zero-order valence-electron chi connectivity index (χ0n) is 14.3. The van der Waals surface area contributed by atoms with Gasteiger partial charge in [-0.2, -0.15) is 0 Å². The van der Waals surface area contributed by atoms with Gasteiger partial charge in [0.05, 0.1) is 6.61 Å². The summed E-state index contributed by atoms with van der Waals surface area (Å²) in [6.07, 6.45) is -0.871. The molecule has 8 heteroatoms. The van der Waals surface area contributed by atoms with Crippen LogP contribution in [-0.4, -0.2) is 42.8 Å². The Balaban J connectivity index is 1.65. The molecule has 3 rings (SSSR count). The Morgan fingerprint density at radius 1 is 1.19 bits per heavy atom. The summed E-state index contributed by atoms with van der Waals surface area (Å²) in [6, 6.07) is 10.0. The van der Waals surface area contributed by atoms with E-state index in [1.165, 1.54) is 6.07 Å². The molecule has 27 heavy (non-hydrogen) atoms. The van der Waals surface area contributed by atoms with Crippen molar-refractivity contribution < 1.29 is 33.3 Å². The smallest absolute Gasteiger partial charge is 0.408 e. The Labute approximate surface area is 154 Å². The first-order valence-electron chi connectivity index (χ1n) is 8.30. The summed E-state index contributed by atoms with van der Waals surface area (Å²) in [4.78, 5) is 24.4. The Bertz CT molecular complexity index is 826. The van der Waals surface area contributed by atoms with E-state index < -0.39 is 30.3 Å². The number of Topliss-reactive ketones (excluding diaryl/α,β-unsaturated/α-hetero) is 1. The largest absolute Gasteiger partial charge is 0.486 e. The quantitative estimate of drug-likeness (QED) is 0.751. The second kappa shape index (κ2) is 8.50. The fourth-order valence-electron chi connectivity index (χ4n) is 2.56. The highest BCUT2D eigenvalue weighted by molar-refractivity contribution is 6.02. The summed E-state index contributed by atoms with van der Waals surface area (Å²) >= 11 is 0. The normalized spacial score (nSPS) is 13.6. The predicted octanol–water partition coefficient (Wildman–Crippen LogP) is 2.07. The summed E-state index contributed by atoms with van der Waals surface area (Å²) < 4.78 is 29.6. The molecule has 0 aromatic heterocycles. The van der Waals surface area contributed by atoms with Gasteiger partial charge in [-0.3, -0.25) is 4.79 Å². The number of hydrogen-bond acceptors (Lipinski definition) is 6. The maximum Gasteiger partial charge on any atom is 0.408 e. The molecule has 2 aromatic rings. The van der Waals surface area contributed by atoms with Crippen LogP contribution in [0.15, 0.2) is 42.5 Å². The molecule has 1 aliphatic rings. The van der Waals surface area contributed by atoms with Crippen LogP contribution in [0.5, 0.6) is 11.5 Å². The molecule has 0 bridgehead atoms. The molecule has 0 saturated carbocycles. The number of hydrogen-bond donors (Lipinski definition) is 2. The lowest BCUT2D eigenvalue weighted by Crippen LogP contribution is -2.43. The number of ketones is 1. The third-order valence-corrected chi connectivity index (χ3v) is 3.89. The number of carbonyl (C=O) groups excluding carboxylic acids is 2. The molecule has 0 radical (unpaired) electrons. The van der Waals surface area contributed by atoms with Crippen LogP contribution in [0.1, 0.15) is 15.9 Å². The first kappa shape index (κ1) is 18.7. The van der Waals surface area contributed by atoms with E-state index in [0.717, 1.165) is 11.6 Å². The topological polar surface area (TPSA) is 94.1 Å². The number of amides is 1. The van der Waals surface area contributed by atoms with Gasteiger partial charge in [-0.05, 0) is 17.7 Å². The van der Waals surface area contributed by atoms with Crippen LogP contribution in [0.2, 0.25) is 0 Å². The van der Waals surface area contributed by atoms with Crippen LogP contribution in [0.25, 0.3) is 0 Å². The van der Waals surface area contributed by atoms with Gasteiger partial charge in [-0.25, -0.2) is 9.18 Å². The van der Waals surface area contributed by atoms with E-state index in [1.54, 1.807) is 24.3 Å². The van der Waals surface area contributed by atoms with Crippen molar-refractivity contribution in [2.24, 2.45) is 0 Å². The number of fused-ring (bicyclic) bond motifs is 1. The number of halogens is 1. The Morgan fingerprint density at radius 3 is 2.67 bits per heavy atom. The number of carbonyl (C=O) groups is 2. The van der Waals surface area contributed by atoms with Crippen LogP contribution in [0.4, 0.5) is 9.18 Å². The van der Waals surface area contributed by atoms with Crippen molar-refractivity contribution in [2.45, 2.75) is 12.6 Å². The maximum absolute atomic E-state index is 14.1. The predicted molar refractivity (Wildman–Crippen MR) is 92.4 cm³/mol. The fourth-order valence-corrected chi connectivity index (χ4v) is 2.56. The lowest BCUT2D eigenvalue weighted by Gasteiger charge is -2.20. The molecule has 0 fully saturated rings. The summed E-state index contributed by atoms with van der Waals surface area (Å²) in [6.45, 7) is -0.212. The maximum atomic E-state index is 14.1. The minimum Gasteiger partial charge on any atom is -0.486 e. The van der Waals surface area contributed by atoms with Crippen molar-refractivity contribution >= 4 is 11.9 Å². The highest BCUT2D eigenvalue weighted by Crippen LogP contribution is 2.34. The molecule has 2 aromatic carbocycles. The molecule has 1 heterocycles. The van der Waals surface area contributed by atoms with Crippen LogP contribution < -0.4 is 14.8 Å². The van der Waals surface area contributed by atoms with Crippen molar-refractivity contribution in [3.05, 3.63) is 59.4 Å². The molecule has 142 valence electrons. The fraction of sp³-hybridized carbons (Fsp3) is 0.263.